The minimum Gasteiger partial charge on any atom is -0.460 e. The molecule has 3 aromatic carbocycles. The van der Waals surface area contributed by atoms with Crippen molar-refractivity contribution in [3.05, 3.63) is 121 Å². The molecule has 0 amide bonds. The van der Waals surface area contributed by atoms with Gasteiger partial charge in [-0.15, -0.1) is 6.58 Å². The fourth-order valence-electron chi connectivity index (χ4n) is 9.69. The zero-order valence-corrected chi connectivity index (χ0v) is 34.8. The van der Waals surface area contributed by atoms with Crippen molar-refractivity contribution in [3.8, 4) is 17.2 Å². The predicted molar refractivity (Wildman–Crippen MR) is 234 cm³/mol. The number of rotatable bonds is 19. The molecule has 2 N–H and O–H groups in total. The van der Waals surface area contributed by atoms with Crippen LogP contribution in [0.25, 0.3) is 10.8 Å². The van der Waals surface area contributed by atoms with Crippen molar-refractivity contribution in [1.29, 1.82) is 0 Å². The van der Waals surface area contributed by atoms with E-state index < -0.39 is 5.79 Å². The molecule has 4 aliphatic rings. The summed E-state index contributed by atoms with van der Waals surface area (Å²) in [6.07, 6.45) is 17.0. The van der Waals surface area contributed by atoms with E-state index in [4.69, 9.17) is 28.9 Å². The Morgan fingerprint density at radius 1 is 0.915 bits per heavy atom. The van der Waals surface area contributed by atoms with Crippen LogP contribution in [0.5, 0.6) is 17.2 Å². The van der Waals surface area contributed by atoms with E-state index in [0.29, 0.717) is 19.6 Å². The van der Waals surface area contributed by atoms with Crippen molar-refractivity contribution in [2.45, 2.75) is 93.9 Å². The van der Waals surface area contributed by atoms with Crippen LogP contribution in [0.15, 0.2) is 115 Å². The van der Waals surface area contributed by atoms with E-state index in [0.717, 1.165) is 115 Å². The van der Waals surface area contributed by atoms with Crippen LogP contribution in [-0.2, 0) is 20.7 Å². The Kier molecular flexibility index (Phi) is 14.0. The number of aliphatic hydroxyl groups is 2. The van der Waals surface area contributed by atoms with Crippen LogP contribution in [0.1, 0.15) is 81.3 Å². The second kappa shape index (κ2) is 19.9. The molecule has 0 radical (unpaired) electrons. The number of ether oxygens (including phenoxy) is 4. The summed E-state index contributed by atoms with van der Waals surface area (Å²) in [4.78, 5) is 10.5. The van der Waals surface area contributed by atoms with Gasteiger partial charge in [0.2, 0.25) is 12.1 Å². The SMILES string of the molecule is C=CCO[C@@]12Oc3ccc(Oc4ccc5ccccc5c4)cc3[C@H]3[C@H](CCCCO)[C@@H](CCCCO)C=C(C(=NOC4CCCCO4)C[C@@H]1SCCc1ccncc1)[C@H]32. The molecule has 1 saturated carbocycles. The van der Waals surface area contributed by atoms with Crippen LogP contribution in [0.4, 0.5) is 0 Å². The first kappa shape index (κ1) is 41.5. The highest BCUT2D eigenvalue weighted by atomic mass is 32.2. The Labute approximate surface area is 352 Å². The van der Waals surface area contributed by atoms with E-state index in [1.54, 1.807) is 0 Å². The molecule has 1 unspecified atom stereocenters. The van der Waals surface area contributed by atoms with Crippen LogP contribution in [0, 0.1) is 17.8 Å². The lowest BCUT2D eigenvalue weighted by Crippen LogP contribution is -2.64. The highest BCUT2D eigenvalue weighted by Crippen LogP contribution is 2.62. The molecule has 1 aromatic heterocycles. The van der Waals surface area contributed by atoms with E-state index in [1.807, 2.05) is 54.5 Å². The Bertz CT molecular complexity index is 2070. The average molecular weight is 819 g/mol. The van der Waals surface area contributed by atoms with E-state index in [9.17, 15) is 10.2 Å². The van der Waals surface area contributed by atoms with Crippen molar-refractivity contribution in [2.24, 2.45) is 22.9 Å². The number of hydrogen-bond acceptors (Lipinski definition) is 10. The number of fused-ring (bicyclic) bond motifs is 3. The third-order valence-corrected chi connectivity index (χ3v) is 13.8. The first-order valence-corrected chi connectivity index (χ1v) is 22.7. The monoisotopic (exact) mass is 818 g/mol. The van der Waals surface area contributed by atoms with Crippen LogP contribution in [0.2, 0.25) is 0 Å². The van der Waals surface area contributed by atoms with Crippen molar-refractivity contribution < 1.29 is 34.0 Å². The molecule has 2 aliphatic heterocycles. The average Bonchev–Trinajstić information content (AvgIpc) is 3.27. The molecule has 1 saturated heterocycles. The van der Waals surface area contributed by atoms with Gasteiger partial charge in [0.25, 0.3) is 0 Å². The summed E-state index contributed by atoms with van der Waals surface area (Å²) in [6, 6.07) is 24.9. The third-order valence-electron chi connectivity index (χ3n) is 12.5. The van der Waals surface area contributed by atoms with Gasteiger partial charge in [-0.25, -0.2) is 0 Å². The molecule has 3 heterocycles. The zero-order valence-electron chi connectivity index (χ0n) is 34.0. The number of pyridine rings is 1. The smallest absolute Gasteiger partial charge is 0.230 e. The van der Waals surface area contributed by atoms with Crippen LogP contribution < -0.4 is 9.47 Å². The molecule has 4 aromatic rings. The lowest BCUT2D eigenvalue weighted by atomic mass is 9.56. The molecule has 312 valence electrons. The van der Waals surface area contributed by atoms with Gasteiger partial charge in [0.05, 0.1) is 30.1 Å². The first-order valence-electron chi connectivity index (χ1n) is 21.6. The van der Waals surface area contributed by atoms with Crippen molar-refractivity contribution in [1.82, 2.24) is 4.98 Å². The second-order valence-electron chi connectivity index (χ2n) is 16.2. The van der Waals surface area contributed by atoms with Crippen molar-refractivity contribution in [2.75, 3.05) is 32.2 Å². The molecule has 2 aliphatic carbocycles. The third kappa shape index (κ3) is 9.42. The summed E-state index contributed by atoms with van der Waals surface area (Å²) in [5.41, 5.74) is 4.36. The Morgan fingerprint density at radius 2 is 1.71 bits per heavy atom. The molecular weight excluding hydrogens is 761 g/mol. The standard InChI is InChI=1S/C49H58N2O7S/c1-2-27-55-49-45(59-29-22-34-20-23-50-24-21-34)33-43(51-58-46-15-7-10-28-54-46)41-31-37(13-5-8-25-52)40(14-6-9-26-53)47(48(41)49)42-32-39(18-19-44(42)57-49)56-38-17-16-35-11-3-4-12-36(35)30-38/h2-4,11-12,16-21,23-24,30-32,37,40,45-48,52-53H,1,5-10,13-15,22,25-29,33H2/t37-,40+,45-,46?,47+,48+,49+/m0/s1. The zero-order chi connectivity index (χ0) is 40.4. The molecular formula is C49H58N2O7S. The molecule has 9 nitrogen and oxygen atoms in total. The number of thioether (sulfide) groups is 1. The predicted octanol–water partition coefficient (Wildman–Crippen LogP) is 10.2. The molecule has 7 atom stereocenters. The number of aromatic nitrogens is 1. The van der Waals surface area contributed by atoms with Gasteiger partial charge in [-0.1, -0.05) is 60.5 Å². The number of nitrogens with zero attached hydrogens (tertiary/aromatic N) is 2. The van der Waals surface area contributed by atoms with E-state index >= 15 is 0 Å². The number of aryl methyl sites for hydroxylation is 1. The van der Waals surface area contributed by atoms with Crippen LogP contribution >= 0.6 is 11.8 Å². The van der Waals surface area contributed by atoms with E-state index in [2.05, 4.69) is 66.2 Å². The van der Waals surface area contributed by atoms with Gasteiger partial charge in [0.15, 0.2) is 0 Å². The summed E-state index contributed by atoms with van der Waals surface area (Å²) in [5, 5.41) is 27.0. The Hall–Kier alpha value is -4.19. The van der Waals surface area contributed by atoms with E-state index in [-0.39, 0.29) is 48.4 Å². The molecule has 0 bridgehead atoms. The Balaban J connectivity index is 1.25. The number of oxime groups is 1. The van der Waals surface area contributed by atoms with Crippen LogP contribution in [0.3, 0.4) is 0 Å². The number of benzene rings is 3. The second-order valence-corrected chi connectivity index (χ2v) is 17.5. The fraction of sp³-hybridized carbons (Fsp3) is 0.469. The maximum atomic E-state index is 9.99. The van der Waals surface area contributed by atoms with Gasteiger partial charge in [-0.2, -0.15) is 11.8 Å². The van der Waals surface area contributed by atoms with Crippen molar-refractivity contribution >= 4 is 28.2 Å². The number of hydrogen-bond donors (Lipinski definition) is 2. The van der Waals surface area contributed by atoms with Gasteiger partial charge in [-0.05, 0) is 127 Å². The molecule has 10 heteroatoms. The molecule has 8 rings (SSSR count). The summed E-state index contributed by atoms with van der Waals surface area (Å²) < 4.78 is 27.2. The summed E-state index contributed by atoms with van der Waals surface area (Å²) >= 11 is 1.87. The largest absolute Gasteiger partial charge is 0.460 e. The van der Waals surface area contributed by atoms with Gasteiger partial charge < -0.3 is 34.0 Å². The highest BCUT2D eigenvalue weighted by molar-refractivity contribution is 8.00. The lowest BCUT2D eigenvalue weighted by Gasteiger charge is -2.58. The number of aliphatic hydroxyl groups excluding tert-OH is 2. The van der Waals surface area contributed by atoms with Gasteiger partial charge >= 0.3 is 0 Å². The van der Waals surface area contributed by atoms with Crippen molar-refractivity contribution in [3.63, 3.8) is 0 Å². The lowest BCUT2D eigenvalue weighted by molar-refractivity contribution is -0.223. The maximum Gasteiger partial charge on any atom is 0.230 e. The quantitative estimate of drug-likeness (QED) is 0.0543. The van der Waals surface area contributed by atoms with Gasteiger partial charge in [-0.3, -0.25) is 4.98 Å². The molecule has 59 heavy (non-hydrogen) atoms. The summed E-state index contributed by atoms with van der Waals surface area (Å²) in [5.74, 6) is 2.28. The fourth-order valence-corrected chi connectivity index (χ4v) is 11.1. The maximum absolute atomic E-state index is 9.99. The molecule has 2 fully saturated rings. The topological polar surface area (TPSA) is 112 Å². The summed E-state index contributed by atoms with van der Waals surface area (Å²) in [6.45, 7) is 5.39. The van der Waals surface area contributed by atoms with Gasteiger partial charge in [0, 0.05) is 49.9 Å². The van der Waals surface area contributed by atoms with Gasteiger partial charge in [0.1, 0.15) is 17.2 Å². The summed E-state index contributed by atoms with van der Waals surface area (Å²) in [7, 11) is 0. The number of unbranched alkanes of at least 4 members (excludes halogenated alkanes) is 2. The Morgan fingerprint density at radius 3 is 2.51 bits per heavy atom. The van der Waals surface area contributed by atoms with Crippen LogP contribution in [-0.4, -0.2) is 70.4 Å². The normalized spacial score (nSPS) is 26.7. The minimum absolute atomic E-state index is 0.0266. The highest BCUT2D eigenvalue weighted by Gasteiger charge is 2.64. The number of allylic oxidation sites excluding steroid dienone is 1. The first-order chi connectivity index (χ1) is 29.1. The molecule has 0 spiro atoms. The minimum atomic E-state index is -1.03. The van der Waals surface area contributed by atoms with E-state index in [1.165, 1.54) is 5.56 Å².